The summed E-state index contributed by atoms with van der Waals surface area (Å²) in [6.07, 6.45) is 4.39. The molecule has 0 radical (unpaired) electrons. The average Bonchev–Trinajstić information content (AvgIpc) is 3.69. The van der Waals surface area contributed by atoms with Gasteiger partial charge in [0.2, 0.25) is 0 Å². The largest absolute Gasteiger partial charge is 0.456 e. The molecule has 0 saturated heterocycles. The predicted molar refractivity (Wildman–Crippen MR) is 197 cm³/mol. The summed E-state index contributed by atoms with van der Waals surface area (Å²) in [6, 6.07) is 46.2. The van der Waals surface area contributed by atoms with Crippen LogP contribution in [0.4, 0.5) is 0 Å². The predicted octanol–water partition coefficient (Wildman–Crippen LogP) is 12.1. The van der Waals surface area contributed by atoms with Crippen molar-refractivity contribution in [2.45, 2.75) is 0 Å². The van der Waals surface area contributed by atoms with Crippen LogP contribution >= 0.6 is 0 Å². The maximum Gasteiger partial charge on any atom is 0.161 e. The number of fused-ring (bicyclic) bond motifs is 12. The van der Waals surface area contributed by atoms with Crippen molar-refractivity contribution in [3.63, 3.8) is 0 Å². The molecule has 0 unspecified atom stereocenters. The van der Waals surface area contributed by atoms with Gasteiger partial charge >= 0.3 is 0 Å². The number of para-hydroxylation sites is 1. The third-order valence-electron chi connectivity index (χ3n) is 9.85. The van der Waals surface area contributed by atoms with Crippen LogP contribution in [0.5, 0.6) is 0 Å². The molecule has 3 aromatic heterocycles. The van der Waals surface area contributed by atoms with Crippen molar-refractivity contribution in [2.24, 2.45) is 0 Å². The molecular formula is C44H24N2O2. The van der Waals surface area contributed by atoms with Gasteiger partial charge in [-0.05, 0) is 64.0 Å². The van der Waals surface area contributed by atoms with Crippen molar-refractivity contribution in [1.82, 2.24) is 9.97 Å². The minimum absolute atomic E-state index is 0.680. The Kier molecular flexibility index (Phi) is 5.08. The van der Waals surface area contributed by atoms with E-state index in [1.165, 1.54) is 16.5 Å². The third kappa shape index (κ3) is 3.54. The summed E-state index contributed by atoms with van der Waals surface area (Å²) in [4.78, 5) is 10.7. The summed E-state index contributed by atoms with van der Waals surface area (Å²) >= 11 is 0. The molecule has 0 spiro atoms. The molecule has 0 fully saturated rings. The summed E-state index contributed by atoms with van der Waals surface area (Å²) in [5, 5.41) is 7.70. The van der Waals surface area contributed by atoms with Crippen LogP contribution in [-0.2, 0) is 0 Å². The number of aromatic nitrogens is 2. The van der Waals surface area contributed by atoms with Crippen molar-refractivity contribution >= 4 is 77.7 Å². The average molecular weight is 613 g/mol. The molecule has 4 nitrogen and oxygen atoms in total. The van der Waals surface area contributed by atoms with Gasteiger partial charge < -0.3 is 8.83 Å². The van der Waals surface area contributed by atoms with Crippen molar-refractivity contribution in [2.75, 3.05) is 0 Å². The lowest BCUT2D eigenvalue weighted by Gasteiger charge is -2.20. The Balaban J connectivity index is 1.18. The zero-order chi connectivity index (χ0) is 31.3. The lowest BCUT2D eigenvalue weighted by Crippen LogP contribution is -2.02. The van der Waals surface area contributed by atoms with Crippen molar-refractivity contribution < 1.29 is 8.83 Å². The zero-order valence-corrected chi connectivity index (χ0v) is 25.6. The standard InChI is InChI=1S/C44H24N2O2/c1-2-9-25(10-3-1)42-41-31-20-19-29(31)28-11-4-5-13-32(28)43(41)46-44(45-42)33-14-8-16-39-40(33)35-24-27(18-22-38(35)48-39)26-17-21-37-34(23-26)30-12-6-7-15-36(30)47-37/h1-24H. The summed E-state index contributed by atoms with van der Waals surface area (Å²) in [7, 11) is 0. The van der Waals surface area contributed by atoms with E-state index in [1.807, 2.05) is 30.3 Å². The van der Waals surface area contributed by atoms with Gasteiger partial charge in [-0.3, -0.25) is 0 Å². The number of benzene rings is 7. The SMILES string of the molecule is C1=Cc2c1c1ccccc1c1nc(-c3cccc4oc5ccc(-c6ccc7oc8ccccc8c7c6)cc5c34)nc(-c3ccccc3)c21. The second-order valence-corrected chi connectivity index (χ2v) is 12.5. The van der Waals surface area contributed by atoms with Gasteiger partial charge in [0.15, 0.2) is 5.82 Å². The molecule has 0 aliphatic heterocycles. The van der Waals surface area contributed by atoms with Crippen LogP contribution in [0.1, 0.15) is 11.1 Å². The first-order valence-corrected chi connectivity index (χ1v) is 16.2. The Bertz CT molecular complexity index is 3000. The zero-order valence-electron chi connectivity index (χ0n) is 25.6. The van der Waals surface area contributed by atoms with E-state index >= 15 is 0 Å². The van der Waals surface area contributed by atoms with Crippen LogP contribution in [0.3, 0.4) is 0 Å². The summed E-state index contributed by atoms with van der Waals surface area (Å²) in [5.41, 5.74) is 12.0. The second kappa shape index (κ2) is 9.50. The van der Waals surface area contributed by atoms with E-state index in [9.17, 15) is 0 Å². The Morgan fingerprint density at radius 3 is 1.85 bits per heavy atom. The first kappa shape index (κ1) is 25.6. The summed E-state index contributed by atoms with van der Waals surface area (Å²) in [6.45, 7) is 0. The van der Waals surface area contributed by atoms with Crippen LogP contribution in [-0.4, -0.2) is 9.97 Å². The fourth-order valence-corrected chi connectivity index (χ4v) is 7.56. The van der Waals surface area contributed by atoms with Gasteiger partial charge in [-0.15, -0.1) is 0 Å². The Morgan fingerprint density at radius 1 is 0.396 bits per heavy atom. The van der Waals surface area contributed by atoms with Crippen molar-refractivity contribution in [1.29, 1.82) is 0 Å². The highest BCUT2D eigenvalue weighted by Crippen LogP contribution is 2.44. The number of nitrogens with zero attached hydrogens (tertiary/aromatic N) is 2. The van der Waals surface area contributed by atoms with E-state index in [0.717, 1.165) is 88.1 Å². The van der Waals surface area contributed by atoms with Gasteiger partial charge in [-0.25, -0.2) is 9.97 Å². The molecule has 0 bridgehead atoms. The van der Waals surface area contributed by atoms with E-state index in [2.05, 4.69) is 115 Å². The molecule has 1 aliphatic carbocycles. The summed E-state index contributed by atoms with van der Waals surface area (Å²) < 4.78 is 12.6. The minimum atomic E-state index is 0.680. The van der Waals surface area contributed by atoms with E-state index in [0.29, 0.717) is 5.82 Å². The number of hydrogen-bond donors (Lipinski definition) is 0. The molecule has 0 amide bonds. The molecule has 48 heavy (non-hydrogen) atoms. The normalized spacial score (nSPS) is 12.5. The first-order chi connectivity index (χ1) is 23.8. The van der Waals surface area contributed by atoms with E-state index in [1.54, 1.807) is 0 Å². The monoisotopic (exact) mass is 612 g/mol. The lowest BCUT2D eigenvalue weighted by molar-refractivity contribution is 0.668. The minimum Gasteiger partial charge on any atom is -0.456 e. The molecule has 4 heteroatoms. The molecule has 222 valence electrons. The molecule has 11 rings (SSSR count). The van der Waals surface area contributed by atoms with Gasteiger partial charge in [0.25, 0.3) is 0 Å². The Labute approximate surface area is 274 Å². The van der Waals surface area contributed by atoms with E-state index < -0.39 is 0 Å². The van der Waals surface area contributed by atoms with Crippen LogP contribution in [0.25, 0.3) is 111 Å². The maximum atomic E-state index is 6.46. The highest BCUT2D eigenvalue weighted by molar-refractivity contribution is 6.21. The van der Waals surface area contributed by atoms with Gasteiger partial charge in [-0.1, -0.05) is 109 Å². The molecule has 0 N–H and O–H groups in total. The molecule has 1 aliphatic rings. The fraction of sp³-hybridized carbons (Fsp3) is 0. The van der Waals surface area contributed by atoms with Gasteiger partial charge in [-0.2, -0.15) is 0 Å². The second-order valence-electron chi connectivity index (χ2n) is 12.5. The molecule has 7 aromatic carbocycles. The van der Waals surface area contributed by atoms with Gasteiger partial charge in [0.1, 0.15) is 22.3 Å². The third-order valence-corrected chi connectivity index (χ3v) is 9.85. The van der Waals surface area contributed by atoms with Gasteiger partial charge in [0, 0.05) is 43.4 Å². The highest BCUT2D eigenvalue weighted by atomic mass is 16.3. The number of furan rings is 2. The van der Waals surface area contributed by atoms with Crippen molar-refractivity contribution in [3.05, 3.63) is 145 Å². The smallest absolute Gasteiger partial charge is 0.161 e. The van der Waals surface area contributed by atoms with Crippen LogP contribution in [0.15, 0.2) is 142 Å². The quantitative estimate of drug-likeness (QED) is 0.186. The maximum absolute atomic E-state index is 6.46. The van der Waals surface area contributed by atoms with Crippen molar-refractivity contribution in [3.8, 4) is 33.8 Å². The number of rotatable bonds is 3. The summed E-state index contributed by atoms with van der Waals surface area (Å²) in [5.74, 6) is 0.680. The van der Waals surface area contributed by atoms with Crippen LogP contribution in [0.2, 0.25) is 0 Å². The molecule has 3 heterocycles. The Hall–Kier alpha value is -6.52. The topological polar surface area (TPSA) is 52.1 Å². The lowest BCUT2D eigenvalue weighted by atomic mass is 9.86. The van der Waals surface area contributed by atoms with E-state index in [-0.39, 0.29) is 0 Å². The molecule has 0 atom stereocenters. The molecule has 10 aromatic rings. The van der Waals surface area contributed by atoms with E-state index in [4.69, 9.17) is 18.8 Å². The van der Waals surface area contributed by atoms with Gasteiger partial charge in [0.05, 0.1) is 11.2 Å². The molecule has 0 saturated carbocycles. The molecular weight excluding hydrogens is 588 g/mol. The van der Waals surface area contributed by atoms with Crippen LogP contribution < -0.4 is 0 Å². The Morgan fingerprint density at radius 2 is 1.04 bits per heavy atom. The van der Waals surface area contributed by atoms with Crippen LogP contribution in [0, 0.1) is 0 Å². The first-order valence-electron chi connectivity index (χ1n) is 16.2. The highest BCUT2D eigenvalue weighted by Gasteiger charge is 2.24. The number of hydrogen-bond acceptors (Lipinski definition) is 4. The fourth-order valence-electron chi connectivity index (χ4n) is 7.56.